The number of rotatable bonds is 6. The van der Waals surface area contributed by atoms with Gasteiger partial charge in [0.05, 0.1) is 23.1 Å². The molecule has 1 atom stereocenters. The van der Waals surface area contributed by atoms with E-state index in [0.717, 1.165) is 44.2 Å². The third-order valence-corrected chi connectivity index (χ3v) is 7.74. The van der Waals surface area contributed by atoms with Gasteiger partial charge >= 0.3 is 18.2 Å². The fourth-order valence-electron chi connectivity index (χ4n) is 5.27. The molecule has 10 heteroatoms. The Morgan fingerprint density at radius 3 is 2.37 bits per heavy atom. The van der Waals surface area contributed by atoms with Crippen LogP contribution in [0.4, 0.5) is 23.7 Å². The average molecular weight is 535 g/mol. The molecule has 0 radical (unpaired) electrons. The van der Waals surface area contributed by atoms with Crippen LogP contribution in [-0.2, 0) is 16.4 Å². The molecule has 1 saturated carbocycles. The van der Waals surface area contributed by atoms with Crippen molar-refractivity contribution in [2.75, 3.05) is 18.4 Å². The van der Waals surface area contributed by atoms with E-state index in [0.29, 0.717) is 18.5 Å². The van der Waals surface area contributed by atoms with Crippen LogP contribution in [0.1, 0.15) is 63.5 Å². The molecule has 3 N–H and O–H groups in total. The standard InChI is InChI=1S/C28H33F3N2O5/c1-26(2,24(34)35)19-9-6-10-22(14-19)38-23-15-20(28(29,30)31)13-21(16-23)32-25(36)33-12-11-27(37,17-33)18-7-4-3-5-8-18/h6,9-10,13-16,18,37H,3-5,7-8,11-12,17H2,1-2H3,(H,32,36)(H,34,35). The number of nitrogens with one attached hydrogen (secondary N) is 1. The van der Waals surface area contributed by atoms with Crippen LogP contribution in [0, 0.1) is 5.92 Å². The number of likely N-dealkylation sites (tertiary alicyclic amines) is 1. The van der Waals surface area contributed by atoms with E-state index in [9.17, 15) is 33.0 Å². The van der Waals surface area contributed by atoms with E-state index in [2.05, 4.69) is 5.32 Å². The number of aliphatic carboxylic acids is 1. The highest BCUT2D eigenvalue weighted by Gasteiger charge is 2.44. The molecular formula is C28H33F3N2O5. The van der Waals surface area contributed by atoms with Crippen molar-refractivity contribution in [3.05, 3.63) is 53.6 Å². The van der Waals surface area contributed by atoms with Crippen molar-refractivity contribution in [2.45, 2.75) is 69.6 Å². The molecule has 2 aromatic rings. The molecule has 1 heterocycles. The summed E-state index contributed by atoms with van der Waals surface area (Å²) in [7, 11) is 0. The number of carboxylic acids is 1. The van der Waals surface area contributed by atoms with Gasteiger partial charge in [-0.3, -0.25) is 4.79 Å². The Balaban J connectivity index is 1.53. The molecule has 1 saturated heterocycles. The number of halogens is 3. The minimum absolute atomic E-state index is 0.102. The van der Waals surface area contributed by atoms with E-state index < -0.39 is 34.8 Å². The lowest BCUT2D eigenvalue weighted by atomic mass is 9.76. The Morgan fingerprint density at radius 2 is 1.71 bits per heavy atom. The number of amides is 2. The summed E-state index contributed by atoms with van der Waals surface area (Å²) in [6.45, 7) is 3.48. The summed E-state index contributed by atoms with van der Waals surface area (Å²) in [5.74, 6) is -0.952. The number of nitrogens with zero attached hydrogens (tertiary/aromatic N) is 1. The van der Waals surface area contributed by atoms with Crippen molar-refractivity contribution in [2.24, 2.45) is 5.92 Å². The summed E-state index contributed by atoms with van der Waals surface area (Å²) >= 11 is 0. The zero-order chi connectivity index (χ0) is 27.7. The number of carbonyl (C=O) groups excluding carboxylic acids is 1. The van der Waals surface area contributed by atoms with E-state index in [1.54, 1.807) is 12.1 Å². The number of urea groups is 1. The highest BCUT2D eigenvalue weighted by atomic mass is 19.4. The van der Waals surface area contributed by atoms with Crippen molar-refractivity contribution >= 4 is 17.7 Å². The van der Waals surface area contributed by atoms with Crippen LogP contribution in [0.25, 0.3) is 0 Å². The van der Waals surface area contributed by atoms with Crippen LogP contribution in [-0.4, -0.2) is 45.8 Å². The number of hydrogen-bond donors (Lipinski definition) is 3. The predicted molar refractivity (Wildman–Crippen MR) is 135 cm³/mol. The van der Waals surface area contributed by atoms with Crippen LogP contribution in [0.15, 0.2) is 42.5 Å². The van der Waals surface area contributed by atoms with E-state index in [-0.39, 0.29) is 29.6 Å². The van der Waals surface area contributed by atoms with Crippen molar-refractivity contribution in [1.82, 2.24) is 4.90 Å². The Bertz CT molecular complexity index is 1190. The molecule has 1 aliphatic heterocycles. The molecule has 0 aromatic heterocycles. The van der Waals surface area contributed by atoms with Crippen molar-refractivity contribution in [3.63, 3.8) is 0 Å². The molecule has 38 heavy (non-hydrogen) atoms. The van der Waals surface area contributed by atoms with Crippen LogP contribution in [0.2, 0.25) is 0 Å². The lowest BCUT2D eigenvalue weighted by Crippen LogP contribution is -2.43. The van der Waals surface area contributed by atoms with Crippen LogP contribution < -0.4 is 10.1 Å². The SMILES string of the molecule is CC(C)(C(=O)O)c1cccc(Oc2cc(NC(=O)N3CCC(O)(C4CCCCC4)C3)cc(C(F)(F)F)c2)c1. The van der Waals surface area contributed by atoms with E-state index in [1.165, 1.54) is 36.9 Å². The van der Waals surface area contributed by atoms with Crippen molar-refractivity contribution < 1.29 is 37.7 Å². The van der Waals surface area contributed by atoms with Crippen molar-refractivity contribution in [3.8, 4) is 11.5 Å². The maximum absolute atomic E-state index is 13.7. The Kier molecular flexibility index (Phi) is 7.65. The van der Waals surface area contributed by atoms with Gasteiger partial charge in [0.15, 0.2) is 0 Å². The van der Waals surface area contributed by atoms with Gasteiger partial charge in [-0.15, -0.1) is 0 Å². The molecule has 2 aliphatic rings. The summed E-state index contributed by atoms with van der Waals surface area (Å²) in [6.07, 6.45) is 0.784. The topological polar surface area (TPSA) is 99.1 Å². The number of β-amino-alcohol motifs (C(OH)–C–C–N with tert-alkyl or cyclic N) is 1. The fraction of sp³-hybridized carbons (Fsp3) is 0.500. The molecule has 4 rings (SSSR count). The summed E-state index contributed by atoms with van der Waals surface area (Å²) in [5, 5.41) is 23.2. The Hall–Kier alpha value is -3.27. The van der Waals surface area contributed by atoms with Gasteiger partial charge < -0.3 is 25.2 Å². The molecule has 1 aliphatic carbocycles. The number of ether oxygens (including phenoxy) is 1. The molecule has 0 bridgehead atoms. The first-order valence-electron chi connectivity index (χ1n) is 12.8. The average Bonchev–Trinajstić information content (AvgIpc) is 3.27. The lowest BCUT2D eigenvalue weighted by Gasteiger charge is -2.35. The van der Waals surface area contributed by atoms with E-state index in [1.807, 2.05) is 0 Å². The molecule has 0 spiro atoms. The summed E-state index contributed by atoms with van der Waals surface area (Å²) in [5.41, 5.74) is -2.90. The number of benzene rings is 2. The third-order valence-electron chi connectivity index (χ3n) is 7.74. The summed E-state index contributed by atoms with van der Waals surface area (Å²) in [4.78, 5) is 26.0. The first kappa shape index (κ1) is 27.8. The van der Waals surface area contributed by atoms with Gasteiger partial charge in [0, 0.05) is 18.3 Å². The van der Waals surface area contributed by atoms with Gasteiger partial charge in [-0.25, -0.2) is 4.79 Å². The fourth-order valence-corrected chi connectivity index (χ4v) is 5.27. The smallest absolute Gasteiger partial charge is 0.416 e. The zero-order valence-electron chi connectivity index (χ0n) is 21.5. The molecule has 1 unspecified atom stereocenters. The predicted octanol–water partition coefficient (Wildman–Crippen LogP) is 6.41. The van der Waals surface area contributed by atoms with Crippen LogP contribution >= 0.6 is 0 Å². The van der Waals surface area contributed by atoms with Gasteiger partial charge in [0.1, 0.15) is 11.5 Å². The van der Waals surface area contributed by atoms with Gasteiger partial charge in [0.25, 0.3) is 0 Å². The quantitative estimate of drug-likeness (QED) is 0.398. The Labute approximate surface area is 219 Å². The van der Waals surface area contributed by atoms with Gasteiger partial charge in [-0.05, 0) is 68.9 Å². The normalized spacial score (nSPS) is 20.8. The second-order valence-electron chi connectivity index (χ2n) is 10.8. The first-order valence-corrected chi connectivity index (χ1v) is 12.8. The molecule has 206 valence electrons. The number of alkyl halides is 3. The lowest BCUT2D eigenvalue weighted by molar-refractivity contribution is -0.142. The molecule has 2 aromatic carbocycles. The maximum Gasteiger partial charge on any atom is 0.416 e. The number of carboxylic acid groups (broad SMARTS) is 1. The molecule has 2 fully saturated rings. The summed E-state index contributed by atoms with van der Waals surface area (Å²) in [6, 6.07) is 8.48. The number of hydrogen-bond acceptors (Lipinski definition) is 4. The van der Waals surface area contributed by atoms with Gasteiger partial charge in [-0.1, -0.05) is 31.4 Å². The highest BCUT2D eigenvalue weighted by Crippen LogP contribution is 2.39. The molecule has 2 amide bonds. The monoisotopic (exact) mass is 534 g/mol. The summed E-state index contributed by atoms with van der Waals surface area (Å²) < 4.78 is 46.7. The molecule has 7 nitrogen and oxygen atoms in total. The molecular weight excluding hydrogens is 501 g/mol. The second-order valence-corrected chi connectivity index (χ2v) is 10.8. The number of anilines is 1. The van der Waals surface area contributed by atoms with Crippen molar-refractivity contribution in [1.29, 1.82) is 0 Å². The first-order chi connectivity index (χ1) is 17.8. The maximum atomic E-state index is 13.7. The van der Waals surface area contributed by atoms with Crippen LogP contribution in [0.3, 0.4) is 0 Å². The van der Waals surface area contributed by atoms with Crippen LogP contribution in [0.5, 0.6) is 11.5 Å². The second kappa shape index (κ2) is 10.5. The Morgan fingerprint density at radius 1 is 1.03 bits per heavy atom. The number of carbonyl (C=O) groups is 2. The largest absolute Gasteiger partial charge is 0.481 e. The number of aliphatic hydroxyl groups is 1. The van der Waals surface area contributed by atoms with Gasteiger partial charge in [-0.2, -0.15) is 13.2 Å². The van der Waals surface area contributed by atoms with E-state index in [4.69, 9.17) is 4.74 Å². The zero-order valence-corrected chi connectivity index (χ0v) is 21.5. The highest BCUT2D eigenvalue weighted by molar-refractivity contribution is 5.90. The minimum atomic E-state index is -4.69. The van der Waals surface area contributed by atoms with E-state index >= 15 is 0 Å². The third kappa shape index (κ3) is 6.06. The van der Waals surface area contributed by atoms with Gasteiger partial charge in [0.2, 0.25) is 0 Å². The minimum Gasteiger partial charge on any atom is -0.481 e.